The summed E-state index contributed by atoms with van der Waals surface area (Å²) in [7, 11) is 0. The van der Waals surface area contributed by atoms with E-state index >= 15 is 0 Å². The topological polar surface area (TPSA) is 55.1 Å². The number of rotatable bonds is 6. The molecule has 0 aliphatic carbocycles. The van der Waals surface area contributed by atoms with Crippen molar-refractivity contribution in [2.75, 3.05) is 5.32 Å². The van der Waals surface area contributed by atoms with E-state index in [4.69, 9.17) is 5.73 Å². The first-order valence-electron chi connectivity index (χ1n) is 6.52. The lowest BCUT2D eigenvalue weighted by Crippen LogP contribution is -2.13. The first-order valence-corrected chi connectivity index (χ1v) is 6.52. The molecule has 0 aliphatic heterocycles. The van der Waals surface area contributed by atoms with Crippen LogP contribution in [0.4, 0.5) is 14.5 Å². The van der Waals surface area contributed by atoms with E-state index in [1.165, 1.54) is 12.1 Å². The lowest BCUT2D eigenvalue weighted by Gasteiger charge is -2.09. The number of nitrogens with two attached hydrogens (primary N) is 1. The molecular weight excluding hydrogens is 274 g/mol. The van der Waals surface area contributed by atoms with Gasteiger partial charge in [0.25, 0.3) is 6.43 Å². The van der Waals surface area contributed by atoms with Gasteiger partial charge < -0.3 is 11.1 Å². The van der Waals surface area contributed by atoms with E-state index in [1.54, 1.807) is 12.1 Å². The molecule has 0 unspecified atom stereocenters. The number of benzene rings is 2. The number of halogens is 2. The Morgan fingerprint density at radius 1 is 1.10 bits per heavy atom. The van der Waals surface area contributed by atoms with Gasteiger partial charge in [0.2, 0.25) is 5.91 Å². The van der Waals surface area contributed by atoms with Gasteiger partial charge in [0.15, 0.2) is 0 Å². The monoisotopic (exact) mass is 290 g/mol. The van der Waals surface area contributed by atoms with E-state index in [1.807, 2.05) is 24.3 Å². The first-order chi connectivity index (χ1) is 10.0. The van der Waals surface area contributed by atoms with Crippen molar-refractivity contribution in [3.05, 3.63) is 65.2 Å². The minimum absolute atomic E-state index is 0.0195. The quantitative estimate of drug-likeness (QED) is 0.858. The first kappa shape index (κ1) is 15.0. The van der Waals surface area contributed by atoms with Gasteiger partial charge >= 0.3 is 0 Å². The molecule has 0 atom stereocenters. The molecule has 3 nitrogen and oxygen atoms in total. The number of nitrogens with one attached hydrogen (secondary N) is 1. The highest BCUT2D eigenvalue weighted by Crippen LogP contribution is 2.20. The molecule has 0 saturated heterocycles. The molecule has 2 aromatic rings. The zero-order valence-electron chi connectivity index (χ0n) is 11.4. The Hall–Kier alpha value is -2.43. The molecule has 21 heavy (non-hydrogen) atoms. The van der Waals surface area contributed by atoms with E-state index in [0.717, 1.165) is 16.8 Å². The molecule has 1 amide bonds. The fourth-order valence-electron chi connectivity index (χ4n) is 1.98. The molecule has 3 N–H and O–H groups in total. The lowest BCUT2D eigenvalue weighted by atomic mass is 10.1. The third-order valence-electron chi connectivity index (χ3n) is 3.03. The van der Waals surface area contributed by atoms with Gasteiger partial charge in [-0.25, -0.2) is 8.78 Å². The van der Waals surface area contributed by atoms with Gasteiger partial charge in [-0.3, -0.25) is 4.79 Å². The van der Waals surface area contributed by atoms with Crippen LogP contribution in [0.5, 0.6) is 0 Å². The summed E-state index contributed by atoms with van der Waals surface area (Å²) in [6.07, 6.45) is -2.26. The summed E-state index contributed by atoms with van der Waals surface area (Å²) < 4.78 is 25.2. The molecule has 0 spiro atoms. The molecule has 0 fully saturated rings. The van der Waals surface area contributed by atoms with Crippen LogP contribution in [0.25, 0.3) is 0 Å². The summed E-state index contributed by atoms with van der Waals surface area (Å²) in [5.74, 6) is -0.375. The van der Waals surface area contributed by atoms with Crippen LogP contribution in [0.2, 0.25) is 0 Å². The molecule has 2 aromatic carbocycles. The highest BCUT2D eigenvalue weighted by molar-refractivity contribution is 5.76. The predicted octanol–water partition coefficient (Wildman–Crippen LogP) is 3.26. The minimum Gasteiger partial charge on any atom is -0.381 e. The summed E-state index contributed by atoms with van der Waals surface area (Å²) in [4.78, 5) is 10.8. The second kappa shape index (κ2) is 6.83. The van der Waals surface area contributed by atoms with Crippen molar-refractivity contribution >= 4 is 11.6 Å². The van der Waals surface area contributed by atoms with Crippen molar-refractivity contribution in [2.24, 2.45) is 5.73 Å². The third-order valence-corrected chi connectivity index (χ3v) is 3.03. The van der Waals surface area contributed by atoms with Crippen molar-refractivity contribution in [2.45, 2.75) is 19.4 Å². The van der Waals surface area contributed by atoms with Crippen molar-refractivity contribution < 1.29 is 13.6 Å². The summed E-state index contributed by atoms with van der Waals surface area (Å²) in [5.41, 5.74) is 7.62. The largest absolute Gasteiger partial charge is 0.381 e. The van der Waals surface area contributed by atoms with Crippen LogP contribution in [0.3, 0.4) is 0 Å². The highest BCUT2D eigenvalue weighted by Gasteiger charge is 2.06. The summed E-state index contributed by atoms with van der Waals surface area (Å²) in [6, 6.07) is 13.6. The standard InChI is InChI=1S/C16H16F2N2O/c17-16(18)13-3-1-2-12(8-13)10-20-14-6-4-11(5-7-14)9-15(19)21/h1-8,16,20H,9-10H2,(H2,19,21). The van der Waals surface area contributed by atoms with Crippen LogP contribution in [-0.2, 0) is 17.8 Å². The number of amides is 1. The van der Waals surface area contributed by atoms with Gasteiger partial charge in [0.05, 0.1) is 6.42 Å². The molecule has 0 radical (unpaired) electrons. The zero-order chi connectivity index (χ0) is 15.2. The molecule has 0 saturated carbocycles. The maximum atomic E-state index is 12.6. The molecule has 0 heterocycles. The van der Waals surface area contributed by atoms with Gasteiger partial charge in [-0.2, -0.15) is 0 Å². The van der Waals surface area contributed by atoms with E-state index in [0.29, 0.717) is 6.54 Å². The van der Waals surface area contributed by atoms with Crippen LogP contribution in [-0.4, -0.2) is 5.91 Å². The van der Waals surface area contributed by atoms with Gasteiger partial charge in [0, 0.05) is 17.8 Å². The Kier molecular flexibility index (Phi) is 4.87. The average molecular weight is 290 g/mol. The van der Waals surface area contributed by atoms with E-state index in [-0.39, 0.29) is 17.9 Å². The van der Waals surface area contributed by atoms with E-state index in [9.17, 15) is 13.6 Å². The molecular formula is C16H16F2N2O. The van der Waals surface area contributed by atoms with Gasteiger partial charge in [-0.15, -0.1) is 0 Å². The highest BCUT2D eigenvalue weighted by atomic mass is 19.3. The summed E-state index contributed by atoms with van der Waals surface area (Å²) >= 11 is 0. The van der Waals surface area contributed by atoms with Crippen molar-refractivity contribution in [1.29, 1.82) is 0 Å². The van der Waals surface area contributed by atoms with Gasteiger partial charge in [-0.1, -0.05) is 30.3 Å². The Bertz CT molecular complexity index is 612. The number of hydrogen-bond donors (Lipinski definition) is 2. The van der Waals surface area contributed by atoms with E-state index in [2.05, 4.69) is 5.32 Å². The lowest BCUT2D eigenvalue weighted by molar-refractivity contribution is -0.117. The van der Waals surface area contributed by atoms with E-state index < -0.39 is 6.43 Å². The predicted molar refractivity (Wildman–Crippen MR) is 78.1 cm³/mol. The fourth-order valence-corrected chi connectivity index (χ4v) is 1.98. The molecule has 0 aromatic heterocycles. The summed E-state index contributed by atoms with van der Waals surface area (Å²) in [5, 5.41) is 3.15. The average Bonchev–Trinajstić information content (AvgIpc) is 2.46. The SMILES string of the molecule is NC(=O)Cc1ccc(NCc2cccc(C(F)F)c2)cc1. The molecule has 5 heteroatoms. The Balaban J connectivity index is 1.96. The van der Waals surface area contributed by atoms with Crippen molar-refractivity contribution in [3.8, 4) is 0 Å². The number of hydrogen-bond acceptors (Lipinski definition) is 2. The number of primary amides is 1. The third kappa shape index (κ3) is 4.56. The molecule has 2 rings (SSSR count). The zero-order valence-corrected chi connectivity index (χ0v) is 11.4. The Labute approximate surface area is 121 Å². The fraction of sp³-hybridized carbons (Fsp3) is 0.188. The smallest absolute Gasteiger partial charge is 0.263 e. The van der Waals surface area contributed by atoms with Gasteiger partial charge in [-0.05, 0) is 29.3 Å². The summed E-state index contributed by atoms with van der Waals surface area (Å²) in [6.45, 7) is 0.454. The van der Waals surface area contributed by atoms with Crippen LogP contribution >= 0.6 is 0 Å². The number of carbonyl (C=O) groups is 1. The van der Waals surface area contributed by atoms with Crippen molar-refractivity contribution in [3.63, 3.8) is 0 Å². The molecule has 110 valence electrons. The number of carbonyl (C=O) groups excluding carboxylic acids is 1. The van der Waals surface area contributed by atoms with Gasteiger partial charge in [0.1, 0.15) is 0 Å². The maximum Gasteiger partial charge on any atom is 0.263 e. The van der Waals surface area contributed by atoms with Crippen LogP contribution in [0.1, 0.15) is 23.1 Å². The maximum absolute atomic E-state index is 12.6. The normalized spacial score (nSPS) is 10.6. The minimum atomic E-state index is -2.46. The Morgan fingerprint density at radius 2 is 1.81 bits per heavy atom. The number of anilines is 1. The van der Waals surface area contributed by atoms with Crippen molar-refractivity contribution in [1.82, 2.24) is 0 Å². The Morgan fingerprint density at radius 3 is 2.43 bits per heavy atom. The van der Waals surface area contributed by atoms with Crippen LogP contribution < -0.4 is 11.1 Å². The molecule has 0 aliphatic rings. The number of alkyl halides is 2. The second-order valence-corrected chi connectivity index (χ2v) is 4.74. The van der Waals surface area contributed by atoms with Crippen LogP contribution in [0, 0.1) is 0 Å². The second-order valence-electron chi connectivity index (χ2n) is 4.74. The van der Waals surface area contributed by atoms with Crippen LogP contribution in [0.15, 0.2) is 48.5 Å². The molecule has 0 bridgehead atoms.